The van der Waals surface area contributed by atoms with E-state index in [9.17, 15) is 4.79 Å². The molecule has 27 heavy (non-hydrogen) atoms. The number of aromatic nitrogens is 2. The summed E-state index contributed by atoms with van der Waals surface area (Å²) < 4.78 is 1.70. The fraction of sp³-hybridized carbons (Fsp3) is 0.364. The topological polar surface area (TPSA) is 38.1 Å². The highest BCUT2D eigenvalue weighted by atomic mass is 35.5. The van der Waals surface area contributed by atoms with Gasteiger partial charge in [0, 0.05) is 5.39 Å². The van der Waals surface area contributed by atoms with E-state index in [-0.39, 0.29) is 11.6 Å². The van der Waals surface area contributed by atoms with Gasteiger partial charge in [0.2, 0.25) is 0 Å². The molecule has 2 atom stereocenters. The van der Waals surface area contributed by atoms with Gasteiger partial charge in [0.25, 0.3) is 5.56 Å². The lowest BCUT2D eigenvalue weighted by Gasteiger charge is -2.20. The summed E-state index contributed by atoms with van der Waals surface area (Å²) in [5.74, 6) is 0. The van der Waals surface area contributed by atoms with Crippen molar-refractivity contribution in [2.24, 2.45) is 0 Å². The average Bonchev–Trinajstić information content (AvgIpc) is 2.93. The lowest BCUT2D eigenvalue weighted by atomic mass is 10.0. The van der Waals surface area contributed by atoms with Crippen LogP contribution in [0.1, 0.15) is 41.9 Å². The van der Waals surface area contributed by atoms with Gasteiger partial charge >= 0.3 is 0 Å². The van der Waals surface area contributed by atoms with Gasteiger partial charge in [-0.3, -0.25) is 4.79 Å². The maximum Gasteiger partial charge on any atom is 0.274 e. The number of fused-ring (bicyclic) bond motifs is 1. The highest BCUT2D eigenvalue weighted by Crippen LogP contribution is 2.32. The van der Waals surface area contributed by atoms with E-state index in [2.05, 4.69) is 11.9 Å². The Bertz CT molecular complexity index is 986. The van der Waals surface area contributed by atoms with Crippen molar-refractivity contribution >= 4 is 22.4 Å². The van der Waals surface area contributed by atoms with E-state index in [0.29, 0.717) is 5.39 Å². The smallest absolute Gasteiger partial charge is 0.274 e. The van der Waals surface area contributed by atoms with Gasteiger partial charge in [-0.05, 0) is 51.0 Å². The summed E-state index contributed by atoms with van der Waals surface area (Å²) in [6.45, 7) is 2.04. The normalized spacial score (nSPS) is 19.7. The minimum absolute atomic E-state index is 0.0131. The molecule has 1 aromatic heterocycles. The first kappa shape index (κ1) is 18.2. The standard InChI is InChI=1S/C22H24ClN3O/c1-25-14-7-10-17(13-15-25)26-22(27)19-12-6-5-11-18(19)21(24-26)20(23)16-8-3-2-4-9-16/h2-6,8-9,11-12,17,20H,7,10,13-15H2,1H3. The zero-order valence-electron chi connectivity index (χ0n) is 15.5. The Labute approximate surface area is 164 Å². The third kappa shape index (κ3) is 3.64. The quantitative estimate of drug-likeness (QED) is 0.632. The van der Waals surface area contributed by atoms with Crippen molar-refractivity contribution in [1.82, 2.24) is 14.7 Å². The lowest BCUT2D eigenvalue weighted by molar-refractivity contribution is 0.333. The first-order valence-corrected chi connectivity index (χ1v) is 9.98. The van der Waals surface area contributed by atoms with Gasteiger partial charge in [-0.25, -0.2) is 4.68 Å². The van der Waals surface area contributed by atoms with E-state index in [1.807, 2.05) is 54.6 Å². The first-order valence-electron chi connectivity index (χ1n) is 9.54. The number of benzene rings is 2. The van der Waals surface area contributed by atoms with E-state index in [1.165, 1.54) is 0 Å². The second-order valence-electron chi connectivity index (χ2n) is 7.34. The average molecular weight is 382 g/mol. The predicted octanol–water partition coefficient (Wildman–Crippen LogP) is 4.38. The van der Waals surface area contributed by atoms with E-state index in [0.717, 1.165) is 49.0 Å². The molecule has 2 aromatic carbocycles. The molecule has 1 fully saturated rings. The Balaban J connectivity index is 1.86. The van der Waals surface area contributed by atoms with E-state index < -0.39 is 5.38 Å². The van der Waals surface area contributed by atoms with Crippen molar-refractivity contribution in [3.05, 3.63) is 76.2 Å². The largest absolute Gasteiger partial charge is 0.306 e. The Hall–Kier alpha value is -2.17. The number of likely N-dealkylation sites (tertiary alicyclic amines) is 1. The van der Waals surface area contributed by atoms with E-state index in [4.69, 9.17) is 16.7 Å². The molecule has 4 nitrogen and oxygen atoms in total. The van der Waals surface area contributed by atoms with Crippen LogP contribution < -0.4 is 5.56 Å². The number of halogens is 1. The molecule has 2 unspecified atom stereocenters. The molecule has 5 heteroatoms. The maximum atomic E-state index is 13.2. The second kappa shape index (κ2) is 7.83. The summed E-state index contributed by atoms with van der Waals surface area (Å²) >= 11 is 6.84. The van der Waals surface area contributed by atoms with Gasteiger partial charge in [-0.2, -0.15) is 5.10 Å². The van der Waals surface area contributed by atoms with Gasteiger partial charge in [-0.15, -0.1) is 11.6 Å². The van der Waals surface area contributed by atoms with Crippen molar-refractivity contribution in [1.29, 1.82) is 0 Å². The molecule has 0 bridgehead atoms. The van der Waals surface area contributed by atoms with Gasteiger partial charge in [0.1, 0.15) is 5.38 Å². The maximum absolute atomic E-state index is 13.2. The molecule has 0 aliphatic carbocycles. The predicted molar refractivity (Wildman–Crippen MR) is 111 cm³/mol. The fourth-order valence-corrected chi connectivity index (χ4v) is 4.22. The van der Waals surface area contributed by atoms with Crippen LogP contribution in [0.5, 0.6) is 0 Å². The SMILES string of the molecule is CN1CCCC(n2nc(C(Cl)c3ccccc3)c3ccccc3c2=O)CC1. The van der Waals surface area contributed by atoms with E-state index >= 15 is 0 Å². The van der Waals surface area contributed by atoms with Crippen LogP contribution in [0.25, 0.3) is 10.8 Å². The Morgan fingerprint density at radius 2 is 1.70 bits per heavy atom. The summed E-state index contributed by atoms with van der Waals surface area (Å²) in [6.07, 6.45) is 2.97. The first-order chi connectivity index (χ1) is 13.1. The monoisotopic (exact) mass is 381 g/mol. The van der Waals surface area contributed by atoms with Crippen LogP contribution >= 0.6 is 11.6 Å². The number of hydrogen-bond donors (Lipinski definition) is 0. The zero-order chi connectivity index (χ0) is 18.8. The highest BCUT2D eigenvalue weighted by molar-refractivity contribution is 6.23. The van der Waals surface area contributed by atoms with Crippen LogP contribution in [0, 0.1) is 0 Å². The molecule has 1 aliphatic heterocycles. The highest BCUT2D eigenvalue weighted by Gasteiger charge is 2.23. The molecule has 4 rings (SSSR count). The molecule has 2 heterocycles. The second-order valence-corrected chi connectivity index (χ2v) is 7.78. The summed E-state index contributed by atoms with van der Waals surface area (Å²) in [5, 5.41) is 5.97. The number of rotatable bonds is 3. The molecule has 0 amide bonds. The van der Waals surface area contributed by atoms with Crippen molar-refractivity contribution in [2.75, 3.05) is 20.1 Å². The summed E-state index contributed by atoms with van der Waals surface area (Å²) in [4.78, 5) is 15.5. The van der Waals surface area contributed by atoms with Crippen LogP contribution in [0.3, 0.4) is 0 Å². The zero-order valence-corrected chi connectivity index (χ0v) is 16.3. The fourth-order valence-electron chi connectivity index (χ4n) is 3.91. The number of alkyl halides is 1. The summed E-state index contributed by atoms with van der Waals surface area (Å²) in [5.41, 5.74) is 1.74. The van der Waals surface area contributed by atoms with Crippen molar-refractivity contribution in [2.45, 2.75) is 30.7 Å². The van der Waals surface area contributed by atoms with Gasteiger partial charge < -0.3 is 4.90 Å². The molecule has 1 saturated heterocycles. The third-order valence-electron chi connectivity index (χ3n) is 5.46. The molecule has 0 spiro atoms. The number of nitrogens with zero attached hydrogens (tertiary/aromatic N) is 3. The Morgan fingerprint density at radius 3 is 2.48 bits per heavy atom. The number of hydrogen-bond acceptors (Lipinski definition) is 3. The van der Waals surface area contributed by atoms with Gasteiger partial charge in [0.15, 0.2) is 0 Å². The van der Waals surface area contributed by atoms with E-state index in [1.54, 1.807) is 4.68 Å². The molecular formula is C22H24ClN3O. The summed E-state index contributed by atoms with van der Waals surface area (Å²) in [6, 6.07) is 17.7. The van der Waals surface area contributed by atoms with Crippen molar-refractivity contribution in [3.63, 3.8) is 0 Å². The summed E-state index contributed by atoms with van der Waals surface area (Å²) in [7, 11) is 2.13. The molecule has 140 valence electrons. The Morgan fingerprint density at radius 1 is 1.00 bits per heavy atom. The minimum atomic E-state index is -0.392. The molecule has 0 N–H and O–H groups in total. The minimum Gasteiger partial charge on any atom is -0.306 e. The van der Waals surface area contributed by atoms with Crippen LogP contribution in [-0.4, -0.2) is 34.8 Å². The lowest BCUT2D eigenvalue weighted by Crippen LogP contribution is -2.30. The molecule has 1 aliphatic rings. The molecule has 0 radical (unpaired) electrons. The van der Waals surface area contributed by atoms with Gasteiger partial charge in [0.05, 0.1) is 17.1 Å². The van der Waals surface area contributed by atoms with Crippen molar-refractivity contribution < 1.29 is 0 Å². The van der Waals surface area contributed by atoms with Crippen LogP contribution in [0.2, 0.25) is 0 Å². The molecule has 0 saturated carbocycles. The van der Waals surface area contributed by atoms with Crippen LogP contribution in [0.4, 0.5) is 0 Å². The van der Waals surface area contributed by atoms with Crippen LogP contribution in [0.15, 0.2) is 59.4 Å². The third-order valence-corrected chi connectivity index (χ3v) is 5.92. The Kier molecular flexibility index (Phi) is 5.28. The molecule has 3 aromatic rings. The molecular weight excluding hydrogens is 358 g/mol. The van der Waals surface area contributed by atoms with Crippen LogP contribution in [-0.2, 0) is 0 Å². The van der Waals surface area contributed by atoms with Crippen molar-refractivity contribution in [3.8, 4) is 0 Å². The van der Waals surface area contributed by atoms with Gasteiger partial charge in [-0.1, -0.05) is 48.5 Å².